The molecule has 22 heavy (non-hydrogen) atoms. The number of halogens is 1. The van der Waals surface area contributed by atoms with Gasteiger partial charge in [0.05, 0.1) is 18.0 Å². The molecule has 5 heteroatoms. The number of ether oxygens (including phenoxy) is 1. The monoisotopic (exact) mass is 319 g/mol. The number of esters is 1. The highest BCUT2D eigenvalue weighted by atomic mass is 35.5. The normalized spacial score (nSPS) is 17.3. The molecule has 0 amide bonds. The lowest BCUT2D eigenvalue weighted by molar-refractivity contribution is -0.148. The van der Waals surface area contributed by atoms with Crippen LogP contribution in [-0.2, 0) is 22.4 Å². The molecule has 1 aliphatic rings. The van der Waals surface area contributed by atoms with Crippen LogP contribution in [0, 0.1) is 5.92 Å². The molecule has 0 fully saturated rings. The van der Waals surface area contributed by atoms with Crippen molar-refractivity contribution in [3.05, 3.63) is 34.5 Å². The van der Waals surface area contributed by atoms with Gasteiger partial charge >= 0.3 is 5.97 Å². The molecule has 0 N–H and O–H groups in total. The molecule has 0 radical (unpaired) electrons. The van der Waals surface area contributed by atoms with E-state index >= 15 is 0 Å². The number of aromatic nitrogens is 1. The van der Waals surface area contributed by atoms with E-state index < -0.39 is 0 Å². The van der Waals surface area contributed by atoms with Crippen molar-refractivity contribution in [1.82, 2.24) is 4.57 Å². The van der Waals surface area contributed by atoms with Crippen LogP contribution in [0.2, 0.25) is 5.02 Å². The van der Waals surface area contributed by atoms with Crippen molar-refractivity contribution in [2.75, 3.05) is 6.61 Å². The van der Waals surface area contributed by atoms with Crippen LogP contribution in [-0.4, -0.2) is 23.1 Å². The highest BCUT2D eigenvalue weighted by Gasteiger charge is 2.31. The Kier molecular flexibility index (Phi) is 3.96. The summed E-state index contributed by atoms with van der Waals surface area (Å²) in [6.07, 6.45) is 2.05. The Morgan fingerprint density at radius 3 is 2.86 bits per heavy atom. The molecule has 3 rings (SSSR count). The van der Waals surface area contributed by atoms with Crippen LogP contribution in [0.4, 0.5) is 0 Å². The average Bonchev–Trinajstić information content (AvgIpc) is 2.80. The molecular formula is C17H18ClNO3. The van der Waals surface area contributed by atoms with Gasteiger partial charge in [-0.15, -0.1) is 0 Å². The van der Waals surface area contributed by atoms with Crippen molar-refractivity contribution in [3.8, 4) is 0 Å². The number of carbonyl (C=O) groups is 2. The van der Waals surface area contributed by atoms with Gasteiger partial charge in [-0.25, -0.2) is 0 Å². The number of rotatable bonds is 2. The molecule has 0 bridgehead atoms. The molecule has 2 aromatic rings. The third kappa shape index (κ3) is 2.41. The van der Waals surface area contributed by atoms with Gasteiger partial charge in [0.25, 0.3) is 0 Å². The Hall–Kier alpha value is -1.81. The zero-order chi connectivity index (χ0) is 15.9. The van der Waals surface area contributed by atoms with Crippen LogP contribution < -0.4 is 0 Å². The second kappa shape index (κ2) is 5.76. The summed E-state index contributed by atoms with van der Waals surface area (Å²) in [7, 11) is 0. The van der Waals surface area contributed by atoms with Crippen LogP contribution in [0.25, 0.3) is 10.9 Å². The summed E-state index contributed by atoms with van der Waals surface area (Å²) in [5.41, 5.74) is 2.92. The largest absolute Gasteiger partial charge is 0.466 e. The number of nitrogens with zero attached hydrogens (tertiary/aromatic N) is 1. The first kappa shape index (κ1) is 15.1. The van der Waals surface area contributed by atoms with Gasteiger partial charge in [-0.05, 0) is 43.5 Å². The first-order chi connectivity index (χ1) is 10.5. The molecule has 1 heterocycles. The zero-order valence-electron chi connectivity index (χ0n) is 12.7. The van der Waals surface area contributed by atoms with Crippen molar-refractivity contribution in [2.24, 2.45) is 5.92 Å². The SMILES string of the molecule is CCOC(=O)C1CCc2c(n(C(C)=O)c3ccc(Cl)cc23)C1. The Morgan fingerprint density at radius 1 is 1.41 bits per heavy atom. The van der Waals surface area contributed by atoms with Crippen molar-refractivity contribution in [2.45, 2.75) is 33.1 Å². The summed E-state index contributed by atoms with van der Waals surface area (Å²) < 4.78 is 6.85. The first-order valence-electron chi connectivity index (χ1n) is 7.52. The minimum atomic E-state index is -0.176. The fourth-order valence-corrected chi connectivity index (χ4v) is 3.52. The maximum Gasteiger partial charge on any atom is 0.309 e. The Morgan fingerprint density at radius 2 is 2.18 bits per heavy atom. The third-order valence-corrected chi connectivity index (χ3v) is 4.50. The number of carbonyl (C=O) groups excluding carboxylic acids is 2. The summed E-state index contributed by atoms with van der Waals surface area (Å²) in [5, 5.41) is 1.67. The molecule has 0 aliphatic heterocycles. The van der Waals surface area contributed by atoms with E-state index in [1.807, 2.05) is 12.1 Å². The van der Waals surface area contributed by atoms with Crippen LogP contribution in [0.15, 0.2) is 18.2 Å². The van der Waals surface area contributed by atoms with Gasteiger partial charge in [-0.1, -0.05) is 11.6 Å². The van der Waals surface area contributed by atoms with Gasteiger partial charge < -0.3 is 4.74 Å². The minimum absolute atomic E-state index is 0.0434. The van der Waals surface area contributed by atoms with Crippen LogP contribution in [0.3, 0.4) is 0 Å². The van der Waals surface area contributed by atoms with Gasteiger partial charge in [-0.3, -0.25) is 14.2 Å². The molecule has 0 saturated heterocycles. The molecule has 1 aromatic carbocycles. The molecule has 1 unspecified atom stereocenters. The highest BCUT2D eigenvalue weighted by molar-refractivity contribution is 6.31. The topological polar surface area (TPSA) is 48.3 Å². The molecular weight excluding hydrogens is 302 g/mol. The van der Waals surface area contributed by atoms with Gasteiger partial charge in [0.1, 0.15) is 0 Å². The Balaban J connectivity index is 2.11. The zero-order valence-corrected chi connectivity index (χ0v) is 13.4. The lowest BCUT2D eigenvalue weighted by Gasteiger charge is -2.22. The van der Waals surface area contributed by atoms with E-state index in [1.54, 1.807) is 24.5 Å². The van der Waals surface area contributed by atoms with E-state index in [1.165, 1.54) is 0 Å². The second-order valence-corrected chi connectivity index (χ2v) is 6.07. The first-order valence-corrected chi connectivity index (χ1v) is 7.90. The number of hydrogen-bond acceptors (Lipinski definition) is 3. The molecule has 1 aromatic heterocycles. The molecule has 1 aliphatic carbocycles. The van der Waals surface area contributed by atoms with E-state index in [0.717, 1.165) is 35.0 Å². The second-order valence-electron chi connectivity index (χ2n) is 5.63. The fraction of sp³-hybridized carbons (Fsp3) is 0.412. The highest BCUT2D eigenvalue weighted by Crippen LogP contribution is 2.35. The maximum atomic E-state index is 12.1. The van der Waals surface area contributed by atoms with Crippen molar-refractivity contribution in [3.63, 3.8) is 0 Å². The Labute approximate surface area is 134 Å². The molecule has 116 valence electrons. The summed E-state index contributed by atoms with van der Waals surface area (Å²) >= 11 is 6.10. The number of hydrogen-bond donors (Lipinski definition) is 0. The quantitative estimate of drug-likeness (QED) is 0.794. The van der Waals surface area contributed by atoms with Crippen molar-refractivity contribution in [1.29, 1.82) is 0 Å². The summed E-state index contributed by atoms with van der Waals surface area (Å²) in [6, 6.07) is 5.56. The van der Waals surface area contributed by atoms with Crippen LogP contribution >= 0.6 is 11.6 Å². The van der Waals surface area contributed by atoms with Gasteiger partial charge in [0.2, 0.25) is 5.91 Å². The lowest BCUT2D eigenvalue weighted by Crippen LogP contribution is -2.26. The molecule has 0 saturated carbocycles. The summed E-state index contributed by atoms with van der Waals surface area (Å²) in [5.74, 6) is -0.394. The van der Waals surface area contributed by atoms with Crippen LogP contribution in [0.1, 0.15) is 36.3 Å². The predicted molar refractivity (Wildman–Crippen MR) is 85.4 cm³/mol. The Bertz CT molecular complexity index is 763. The standard InChI is InChI=1S/C17H18ClNO3/c1-3-22-17(21)11-4-6-13-14-9-12(18)5-7-15(14)19(10(2)20)16(13)8-11/h5,7,9,11H,3-4,6,8H2,1-2H3. The average molecular weight is 320 g/mol. The predicted octanol–water partition coefficient (Wildman–Crippen LogP) is 3.62. The molecule has 0 spiro atoms. The lowest BCUT2D eigenvalue weighted by atomic mass is 9.87. The molecule has 1 atom stereocenters. The number of aryl methyl sites for hydroxylation is 1. The summed E-state index contributed by atoms with van der Waals surface area (Å²) in [6.45, 7) is 3.73. The van der Waals surface area contributed by atoms with E-state index in [2.05, 4.69) is 0 Å². The van der Waals surface area contributed by atoms with Crippen LogP contribution in [0.5, 0.6) is 0 Å². The van der Waals surface area contributed by atoms with Gasteiger partial charge in [-0.2, -0.15) is 0 Å². The number of benzene rings is 1. The van der Waals surface area contributed by atoms with Gasteiger partial charge in [0, 0.05) is 29.4 Å². The number of fused-ring (bicyclic) bond motifs is 3. The van der Waals surface area contributed by atoms with E-state index in [4.69, 9.17) is 16.3 Å². The minimum Gasteiger partial charge on any atom is -0.466 e. The van der Waals surface area contributed by atoms with Crippen molar-refractivity contribution < 1.29 is 14.3 Å². The van der Waals surface area contributed by atoms with E-state index in [-0.39, 0.29) is 17.8 Å². The van der Waals surface area contributed by atoms with E-state index in [0.29, 0.717) is 18.1 Å². The fourth-order valence-electron chi connectivity index (χ4n) is 3.35. The van der Waals surface area contributed by atoms with Crippen molar-refractivity contribution >= 4 is 34.4 Å². The van der Waals surface area contributed by atoms with Gasteiger partial charge in [0.15, 0.2) is 0 Å². The molecule has 4 nitrogen and oxygen atoms in total. The summed E-state index contributed by atoms with van der Waals surface area (Å²) in [4.78, 5) is 24.1. The van der Waals surface area contributed by atoms with E-state index in [9.17, 15) is 9.59 Å². The maximum absolute atomic E-state index is 12.1. The smallest absolute Gasteiger partial charge is 0.309 e. The third-order valence-electron chi connectivity index (χ3n) is 4.26.